The summed E-state index contributed by atoms with van der Waals surface area (Å²) < 4.78 is 2.12. The van der Waals surface area contributed by atoms with Gasteiger partial charge in [0, 0.05) is 30.1 Å². The van der Waals surface area contributed by atoms with Crippen LogP contribution in [0.25, 0.3) is 10.9 Å². The fourth-order valence-corrected chi connectivity index (χ4v) is 2.72. The molecule has 0 aliphatic heterocycles. The summed E-state index contributed by atoms with van der Waals surface area (Å²) >= 11 is 0. The van der Waals surface area contributed by atoms with Crippen molar-refractivity contribution in [3.05, 3.63) is 71.9 Å². The van der Waals surface area contributed by atoms with Gasteiger partial charge in [-0.2, -0.15) is 0 Å². The van der Waals surface area contributed by atoms with Crippen LogP contribution in [0.3, 0.4) is 0 Å². The second kappa shape index (κ2) is 4.90. The van der Waals surface area contributed by atoms with Crippen molar-refractivity contribution in [3.8, 4) is 0 Å². The molecule has 1 atom stereocenters. The molecule has 0 saturated carbocycles. The van der Waals surface area contributed by atoms with Crippen LogP contribution in [-0.2, 0) is 7.05 Å². The van der Waals surface area contributed by atoms with Crippen LogP contribution < -0.4 is 0 Å². The minimum absolute atomic E-state index is 0.0345. The van der Waals surface area contributed by atoms with Gasteiger partial charge in [-0.25, -0.2) is 0 Å². The highest BCUT2D eigenvalue weighted by molar-refractivity contribution is 5.85. The molecule has 0 bridgehead atoms. The van der Waals surface area contributed by atoms with E-state index in [2.05, 4.69) is 35.0 Å². The van der Waals surface area contributed by atoms with Gasteiger partial charge in [0.25, 0.3) is 0 Å². The molecule has 1 heterocycles. The zero-order chi connectivity index (χ0) is 13.2. The van der Waals surface area contributed by atoms with Gasteiger partial charge in [-0.3, -0.25) is 0 Å². The molecule has 2 aromatic carbocycles. The minimum atomic E-state index is 0.0345. The lowest BCUT2D eigenvalue weighted by atomic mass is 9.92. The van der Waals surface area contributed by atoms with Crippen LogP contribution in [0, 0.1) is 0 Å². The topological polar surface area (TPSA) is 25.2 Å². The molecular weight excluding hydrogens is 234 g/mol. The van der Waals surface area contributed by atoms with Gasteiger partial charge in [0.2, 0.25) is 0 Å². The number of aromatic nitrogens is 1. The Bertz CT molecular complexity index is 685. The van der Waals surface area contributed by atoms with Gasteiger partial charge in [0.1, 0.15) is 0 Å². The molecule has 3 aromatic rings. The number of aryl methyl sites for hydroxylation is 1. The maximum atomic E-state index is 9.79. The van der Waals surface area contributed by atoms with Crippen molar-refractivity contribution in [2.24, 2.45) is 7.05 Å². The third kappa shape index (κ3) is 2.04. The average Bonchev–Trinajstić information content (AvgIpc) is 2.79. The average molecular weight is 251 g/mol. The quantitative estimate of drug-likeness (QED) is 0.759. The van der Waals surface area contributed by atoms with Crippen LogP contribution in [0.2, 0.25) is 0 Å². The van der Waals surface area contributed by atoms with Gasteiger partial charge in [-0.05, 0) is 17.2 Å². The van der Waals surface area contributed by atoms with Gasteiger partial charge in [-0.1, -0.05) is 48.5 Å². The summed E-state index contributed by atoms with van der Waals surface area (Å²) in [5.74, 6) is 0.0345. The molecule has 1 aromatic heterocycles. The Kier molecular flexibility index (Phi) is 3.10. The molecule has 19 heavy (non-hydrogen) atoms. The maximum Gasteiger partial charge on any atom is 0.0541 e. The number of hydrogen-bond donors (Lipinski definition) is 1. The third-order valence-electron chi connectivity index (χ3n) is 3.69. The molecule has 3 rings (SSSR count). The summed E-state index contributed by atoms with van der Waals surface area (Å²) in [7, 11) is 2.05. The summed E-state index contributed by atoms with van der Waals surface area (Å²) in [6.07, 6.45) is 2.12. The zero-order valence-electron chi connectivity index (χ0n) is 11.0. The van der Waals surface area contributed by atoms with Gasteiger partial charge in [0.05, 0.1) is 6.61 Å². The normalized spacial score (nSPS) is 12.7. The number of aliphatic hydroxyl groups excluding tert-OH is 1. The molecule has 1 N–H and O–H groups in total. The number of hydrogen-bond acceptors (Lipinski definition) is 1. The Morgan fingerprint density at radius 3 is 2.42 bits per heavy atom. The van der Waals surface area contributed by atoms with E-state index in [1.54, 1.807) is 0 Å². The first-order valence-corrected chi connectivity index (χ1v) is 6.51. The number of benzene rings is 2. The van der Waals surface area contributed by atoms with Gasteiger partial charge < -0.3 is 9.67 Å². The highest BCUT2D eigenvalue weighted by Gasteiger charge is 2.17. The fourth-order valence-electron chi connectivity index (χ4n) is 2.72. The van der Waals surface area contributed by atoms with Crippen molar-refractivity contribution in [1.29, 1.82) is 0 Å². The highest BCUT2D eigenvalue weighted by Crippen LogP contribution is 2.31. The lowest BCUT2D eigenvalue weighted by molar-refractivity contribution is 0.281. The van der Waals surface area contributed by atoms with Crippen molar-refractivity contribution in [2.75, 3.05) is 6.61 Å². The van der Waals surface area contributed by atoms with Crippen LogP contribution in [0.5, 0.6) is 0 Å². The number of fused-ring (bicyclic) bond motifs is 1. The molecule has 0 aliphatic carbocycles. The van der Waals surface area contributed by atoms with Gasteiger partial charge in [0.15, 0.2) is 0 Å². The second-order valence-electron chi connectivity index (χ2n) is 4.86. The smallest absolute Gasteiger partial charge is 0.0541 e. The number of nitrogens with zero attached hydrogens (tertiary/aromatic N) is 1. The number of para-hydroxylation sites is 1. The molecule has 0 saturated heterocycles. The summed E-state index contributed by atoms with van der Waals surface area (Å²) in [5.41, 5.74) is 3.54. The van der Waals surface area contributed by atoms with E-state index in [-0.39, 0.29) is 12.5 Å². The molecule has 0 fully saturated rings. The van der Waals surface area contributed by atoms with Crippen LogP contribution in [0.4, 0.5) is 0 Å². The van der Waals surface area contributed by atoms with Crippen molar-refractivity contribution in [3.63, 3.8) is 0 Å². The molecule has 96 valence electrons. The van der Waals surface area contributed by atoms with Crippen molar-refractivity contribution < 1.29 is 5.11 Å². The summed E-state index contributed by atoms with van der Waals surface area (Å²) in [5, 5.41) is 11.0. The van der Waals surface area contributed by atoms with Crippen LogP contribution in [0.15, 0.2) is 60.8 Å². The first kappa shape index (κ1) is 12.0. The summed E-state index contributed by atoms with van der Waals surface area (Å²) in [4.78, 5) is 0. The minimum Gasteiger partial charge on any atom is -0.395 e. The van der Waals surface area contributed by atoms with E-state index in [9.17, 15) is 5.11 Å². The number of rotatable bonds is 3. The molecular formula is C17H17NO. The predicted octanol–water partition coefficient (Wildman–Crippen LogP) is 3.30. The molecule has 1 unspecified atom stereocenters. The Balaban J connectivity index is 2.17. The monoisotopic (exact) mass is 251 g/mol. The predicted molar refractivity (Wildman–Crippen MR) is 78.3 cm³/mol. The number of aliphatic hydroxyl groups is 1. The fraction of sp³-hybridized carbons (Fsp3) is 0.176. The summed E-state index contributed by atoms with van der Waals surface area (Å²) in [6.45, 7) is 0.123. The largest absolute Gasteiger partial charge is 0.395 e. The van der Waals surface area contributed by atoms with E-state index >= 15 is 0 Å². The molecule has 2 heteroatoms. The molecule has 0 spiro atoms. The Morgan fingerprint density at radius 1 is 1.00 bits per heavy atom. The Labute approximate surface area is 112 Å². The van der Waals surface area contributed by atoms with E-state index in [1.165, 1.54) is 16.5 Å². The van der Waals surface area contributed by atoms with Crippen molar-refractivity contribution >= 4 is 10.9 Å². The van der Waals surface area contributed by atoms with Crippen LogP contribution in [0.1, 0.15) is 17.0 Å². The van der Waals surface area contributed by atoms with Crippen molar-refractivity contribution in [2.45, 2.75) is 5.92 Å². The van der Waals surface area contributed by atoms with E-state index < -0.39 is 0 Å². The van der Waals surface area contributed by atoms with Crippen molar-refractivity contribution in [1.82, 2.24) is 4.57 Å². The standard InChI is InChI=1S/C17H17NO/c1-18-11-15(14-9-5-6-10-17(14)18)16(12-19)13-7-3-2-4-8-13/h2-11,16,19H,12H2,1H3. The molecule has 0 radical (unpaired) electrons. The Morgan fingerprint density at radius 2 is 1.68 bits per heavy atom. The van der Waals surface area contributed by atoms with E-state index in [4.69, 9.17) is 0 Å². The van der Waals surface area contributed by atoms with Crippen LogP contribution in [-0.4, -0.2) is 16.3 Å². The molecule has 0 amide bonds. The van der Waals surface area contributed by atoms with E-state index in [1.807, 2.05) is 37.4 Å². The van der Waals surface area contributed by atoms with E-state index in [0.717, 1.165) is 5.56 Å². The van der Waals surface area contributed by atoms with Gasteiger partial charge in [-0.15, -0.1) is 0 Å². The first-order valence-electron chi connectivity index (χ1n) is 6.51. The SMILES string of the molecule is Cn1cc(C(CO)c2ccccc2)c2ccccc21. The first-order chi connectivity index (χ1) is 9.31. The third-order valence-corrected chi connectivity index (χ3v) is 3.69. The maximum absolute atomic E-state index is 9.79. The van der Waals surface area contributed by atoms with Crippen LogP contribution >= 0.6 is 0 Å². The molecule has 0 aliphatic rings. The highest BCUT2D eigenvalue weighted by atomic mass is 16.3. The zero-order valence-corrected chi connectivity index (χ0v) is 11.0. The van der Waals surface area contributed by atoms with Gasteiger partial charge >= 0.3 is 0 Å². The lowest BCUT2D eigenvalue weighted by Crippen LogP contribution is -2.05. The Hall–Kier alpha value is -2.06. The lowest BCUT2D eigenvalue weighted by Gasteiger charge is -2.14. The second-order valence-corrected chi connectivity index (χ2v) is 4.86. The summed E-state index contributed by atoms with van der Waals surface area (Å²) in [6, 6.07) is 18.5. The molecule has 2 nitrogen and oxygen atoms in total. The van der Waals surface area contributed by atoms with E-state index in [0.29, 0.717) is 0 Å².